The SMILES string of the molecule is COc1ccc(/C(O)=C2/C(=O)C(=O)N(CCCO)C2c2ccccc2)cc1F. The van der Waals surface area contributed by atoms with Crippen LogP contribution in [0, 0.1) is 5.82 Å². The molecule has 7 heteroatoms. The van der Waals surface area contributed by atoms with Crippen LogP contribution < -0.4 is 4.74 Å². The number of rotatable bonds is 6. The molecular formula is C21H20FNO5. The minimum atomic E-state index is -0.847. The molecule has 1 amide bonds. The highest BCUT2D eigenvalue weighted by Crippen LogP contribution is 2.39. The number of nitrogens with zero attached hydrogens (tertiary/aromatic N) is 1. The van der Waals surface area contributed by atoms with Crippen molar-refractivity contribution in [1.29, 1.82) is 0 Å². The maximum absolute atomic E-state index is 14.1. The van der Waals surface area contributed by atoms with Gasteiger partial charge >= 0.3 is 0 Å². The van der Waals surface area contributed by atoms with Crippen LogP contribution in [0.1, 0.15) is 23.6 Å². The molecule has 6 nitrogen and oxygen atoms in total. The molecule has 1 saturated heterocycles. The predicted molar refractivity (Wildman–Crippen MR) is 100 cm³/mol. The average molecular weight is 385 g/mol. The summed E-state index contributed by atoms with van der Waals surface area (Å²) in [6.45, 7) is 0.00257. The van der Waals surface area contributed by atoms with Crippen molar-refractivity contribution in [3.63, 3.8) is 0 Å². The number of ether oxygens (including phenoxy) is 1. The van der Waals surface area contributed by atoms with Crippen molar-refractivity contribution in [3.8, 4) is 5.75 Å². The van der Waals surface area contributed by atoms with Crippen molar-refractivity contribution in [2.75, 3.05) is 20.3 Å². The Bertz CT molecular complexity index is 926. The second-order valence-electron chi connectivity index (χ2n) is 6.33. The summed E-state index contributed by atoms with van der Waals surface area (Å²) in [5.41, 5.74) is 0.591. The summed E-state index contributed by atoms with van der Waals surface area (Å²) in [6.07, 6.45) is 0.285. The normalized spacial score (nSPS) is 18.5. The Morgan fingerprint density at radius 2 is 1.89 bits per heavy atom. The fourth-order valence-electron chi connectivity index (χ4n) is 3.30. The number of benzene rings is 2. The van der Waals surface area contributed by atoms with Crippen LogP contribution in [0.5, 0.6) is 5.75 Å². The number of Topliss-reactive ketones (excluding diaryl/α,β-unsaturated/α-hetero) is 1. The highest BCUT2D eigenvalue weighted by Gasteiger charge is 2.45. The summed E-state index contributed by atoms with van der Waals surface area (Å²) in [4.78, 5) is 26.6. The van der Waals surface area contributed by atoms with Gasteiger partial charge in [0.15, 0.2) is 11.6 Å². The fourth-order valence-corrected chi connectivity index (χ4v) is 3.30. The van der Waals surface area contributed by atoms with E-state index in [2.05, 4.69) is 0 Å². The van der Waals surface area contributed by atoms with Gasteiger partial charge in [-0.15, -0.1) is 0 Å². The van der Waals surface area contributed by atoms with Crippen molar-refractivity contribution >= 4 is 17.4 Å². The van der Waals surface area contributed by atoms with Gasteiger partial charge in [0, 0.05) is 18.7 Å². The van der Waals surface area contributed by atoms with Crippen LogP contribution in [0.15, 0.2) is 54.1 Å². The molecule has 146 valence electrons. The minimum absolute atomic E-state index is 0.000411. The van der Waals surface area contributed by atoms with Crippen molar-refractivity contribution in [1.82, 2.24) is 4.90 Å². The summed E-state index contributed by atoms with van der Waals surface area (Å²) >= 11 is 0. The van der Waals surface area contributed by atoms with Crippen LogP contribution >= 0.6 is 0 Å². The highest BCUT2D eigenvalue weighted by atomic mass is 19.1. The van der Waals surface area contributed by atoms with Gasteiger partial charge in [-0.05, 0) is 30.2 Å². The van der Waals surface area contributed by atoms with E-state index in [1.165, 1.54) is 24.1 Å². The predicted octanol–water partition coefficient (Wildman–Crippen LogP) is 2.64. The lowest BCUT2D eigenvalue weighted by Crippen LogP contribution is -2.31. The van der Waals surface area contributed by atoms with Gasteiger partial charge in [-0.1, -0.05) is 30.3 Å². The first kappa shape index (κ1) is 19.6. The van der Waals surface area contributed by atoms with Gasteiger partial charge < -0.3 is 19.8 Å². The topological polar surface area (TPSA) is 87.1 Å². The molecule has 0 radical (unpaired) electrons. The molecule has 2 aromatic rings. The smallest absolute Gasteiger partial charge is 0.295 e. The Kier molecular flexibility index (Phi) is 5.75. The first-order chi connectivity index (χ1) is 13.5. The molecule has 0 bridgehead atoms. The summed E-state index contributed by atoms with van der Waals surface area (Å²) in [5.74, 6) is -2.77. The second kappa shape index (κ2) is 8.22. The van der Waals surface area contributed by atoms with Crippen LogP contribution in [-0.4, -0.2) is 47.1 Å². The summed E-state index contributed by atoms with van der Waals surface area (Å²) < 4.78 is 19.0. The molecule has 28 heavy (non-hydrogen) atoms. The maximum atomic E-state index is 14.1. The summed E-state index contributed by atoms with van der Waals surface area (Å²) in [6, 6.07) is 11.8. The summed E-state index contributed by atoms with van der Waals surface area (Å²) in [7, 11) is 1.32. The number of amides is 1. The Morgan fingerprint density at radius 1 is 1.18 bits per heavy atom. The number of hydrogen-bond acceptors (Lipinski definition) is 5. The Balaban J connectivity index is 2.15. The van der Waals surface area contributed by atoms with E-state index in [0.717, 1.165) is 6.07 Å². The molecule has 0 aromatic heterocycles. The van der Waals surface area contributed by atoms with E-state index >= 15 is 0 Å². The van der Waals surface area contributed by atoms with Crippen LogP contribution in [0.3, 0.4) is 0 Å². The first-order valence-electron chi connectivity index (χ1n) is 8.77. The van der Waals surface area contributed by atoms with Gasteiger partial charge in [0.1, 0.15) is 5.76 Å². The number of aliphatic hydroxyl groups excluding tert-OH is 2. The molecule has 0 saturated carbocycles. The molecule has 3 rings (SSSR count). The van der Waals surface area contributed by atoms with Crippen LogP contribution in [0.25, 0.3) is 5.76 Å². The molecular weight excluding hydrogens is 365 g/mol. The van der Waals surface area contributed by atoms with E-state index in [1.54, 1.807) is 30.3 Å². The number of methoxy groups -OCH3 is 1. The maximum Gasteiger partial charge on any atom is 0.295 e. The van der Waals surface area contributed by atoms with Gasteiger partial charge in [0.2, 0.25) is 0 Å². The number of carbonyl (C=O) groups is 2. The minimum Gasteiger partial charge on any atom is -0.507 e. The molecule has 1 fully saturated rings. The lowest BCUT2D eigenvalue weighted by Gasteiger charge is -2.25. The molecule has 1 unspecified atom stereocenters. The molecule has 1 aliphatic heterocycles. The van der Waals surface area contributed by atoms with Crippen LogP contribution in [0.4, 0.5) is 4.39 Å². The zero-order chi connectivity index (χ0) is 20.3. The van der Waals surface area contributed by atoms with Gasteiger partial charge in [0.05, 0.1) is 18.7 Å². The summed E-state index contributed by atoms with van der Waals surface area (Å²) in [5, 5.41) is 19.9. The number of hydrogen-bond donors (Lipinski definition) is 2. The molecule has 1 aliphatic rings. The zero-order valence-corrected chi connectivity index (χ0v) is 15.3. The Labute approximate surface area is 161 Å². The number of ketones is 1. The molecule has 2 aromatic carbocycles. The lowest BCUT2D eigenvalue weighted by molar-refractivity contribution is -0.140. The standard InChI is InChI=1S/C21H20FNO5/c1-28-16-9-8-14(12-15(16)22)19(25)17-18(13-6-3-2-4-7-13)23(10-5-11-24)21(27)20(17)26/h2-4,6-9,12,18,24-25H,5,10-11H2,1H3/b19-17-. The number of aliphatic hydroxyl groups is 2. The third-order valence-electron chi connectivity index (χ3n) is 4.64. The third kappa shape index (κ3) is 3.48. The Hall–Kier alpha value is -3.19. The second-order valence-corrected chi connectivity index (χ2v) is 6.33. The number of likely N-dealkylation sites (tertiary alicyclic amines) is 1. The van der Waals surface area contributed by atoms with Crippen LogP contribution in [-0.2, 0) is 9.59 Å². The molecule has 1 heterocycles. The van der Waals surface area contributed by atoms with E-state index in [4.69, 9.17) is 9.84 Å². The third-order valence-corrected chi connectivity index (χ3v) is 4.64. The average Bonchev–Trinajstić information content (AvgIpc) is 2.97. The van der Waals surface area contributed by atoms with Crippen molar-refractivity contribution in [2.45, 2.75) is 12.5 Å². The van der Waals surface area contributed by atoms with Crippen molar-refractivity contribution in [3.05, 3.63) is 71.0 Å². The largest absolute Gasteiger partial charge is 0.507 e. The number of halogens is 1. The van der Waals surface area contributed by atoms with Gasteiger partial charge in [-0.2, -0.15) is 0 Å². The highest BCUT2D eigenvalue weighted by molar-refractivity contribution is 6.46. The number of carbonyl (C=O) groups excluding carboxylic acids is 2. The monoisotopic (exact) mass is 385 g/mol. The molecule has 0 aliphatic carbocycles. The molecule has 2 N–H and O–H groups in total. The van der Waals surface area contributed by atoms with Crippen LogP contribution in [0.2, 0.25) is 0 Å². The molecule has 0 spiro atoms. The fraction of sp³-hybridized carbons (Fsp3) is 0.238. The van der Waals surface area contributed by atoms with E-state index < -0.39 is 29.3 Å². The van der Waals surface area contributed by atoms with Crippen molar-refractivity contribution in [2.24, 2.45) is 0 Å². The van der Waals surface area contributed by atoms with E-state index in [1.807, 2.05) is 0 Å². The lowest BCUT2D eigenvalue weighted by atomic mass is 9.95. The van der Waals surface area contributed by atoms with E-state index in [0.29, 0.717) is 5.56 Å². The first-order valence-corrected chi connectivity index (χ1v) is 8.77. The van der Waals surface area contributed by atoms with Gasteiger partial charge in [-0.3, -0.25) is 9.59 Å². The van der Waals surface area contributed by atoms with Crippen molar-refractivity contribution < 1.29 is 28.9 Å². The zero-order valence-electron chi connectivity index (χ0n) is 15.3. The van der Waals surface area contributed by atoms with Gasteiger partial charge in [0.25, 0.3) is 11.7 Å². The van der Waals surface area contributed by atoms with Gasteiger partial charge in [-0.25, -0.2) is 4.39 Å². The van der Waals surface area contributed by atoms with E-state index in [-0.39, 0.29) is 36.5 Å². The van der Waals surface area contributed by atoms with E-state index in [9.17, 15) is 19.1 Å². The quantitative estimate of drug-likeness (QED) is 0.454. The molecule has 1 atom stereocenters. The Morgan fingerprint density at radius 3 is 2.50 bits per heavy atom.